The molecular weight excluding hydrogens is 439 g/mol. The van der Waals surface area contributed by atoms with E-state index in [0.29, 0.717) is 25.9 Å². The van der Waals surface area contributed by atoms with Crippen LogP contribution in [0.1, 0.15) is 34.5 Å². The zero-order chi connectivity index (χ0) is 24.3. The molecule has 1 saturated heterocycles. The van der Waals surface area contributed by atoms with E-state index in [1.54, 1.807) is 0 Å². The maximum Gasteiger partial charge on any atom is 0.254 e. The number of likely N-dealkylation sites (tertiary alicyclic amines) is 1. The van der Waals surface area contributed by atoms with Gasteiger partial charge in [0.05, 0.1) is 12.5 Å². The summed E-state index contributed by atoms with van der Waals surface area (Å²) in [7, 11) is 0. The summed E-state index contributed by atoms with van der Waals surface area (Å²) in [6, 6.07) is 13.8. The van der Waals surface area contributed by atoms with Crippen molar-refractivity contribution in [3.63, 3.8) is 0 Å². The summed E-state index contributed by atoms with van der Waals surface area (Å²) in [6.07, 6.45) is 0.397. The Morgan fingerprint density at radius 1 is 1.38 bits per heavy atom. The van der Waals surface area contributed by atoms with Crippen molar-refractivity contribution in [2.75, 3.05) is 18.4 Å². The van der Waals surface area contributed by atoms with Crippen LogP contribution in [-0.2, 0) is 16.9 Å². The second kappa shape index (κ2) is 9.49. The van der Waals surface area contributed by atoms with Crippen LogP contribution >= 0.6 is 0 Å². The van der Waals surface area contributed by atoms with Crippen LogP contribution in [0.4, 0.5) is 10.2 Å². The number of halogens is 1. The van der Waals surface area contributed by atoms with Crippen LogP contribution in [0, 0.1) is 18.3 Å². The monoisotopic (exact) mass is 464 g/mol. The number of benzene rings is 1. The summed E-state index contributed by atoms with van der Waals surface area (Å²) < 4.78 is 22.6. The smallest absolute Gasteiger partial charge is 0.254 e. The number of alkyl halides is 1. The van der Waals surface area contributed by atoms with Gasteiger partial charge >= 0.3 is 0 Å². The Balaban J connectivity index is 1.50. The third-order valence-corrected chi connectivity index (χ3v) is 6.26. The third-order valence-electron chi connectivity index (χ3n) is 6.26. The van der Waals surface area contributed by atoms with E-state index in [1.165, 1.54) is 10.9 Å². The van der Waals surface area contributed by atoms with Crippen molar-refractivity contribution in [3.8, 4) is 17.4 Å². The Morgan fingerprint density at radius 2 is 2.15 bits per heavy atom. The molecule has 2 unspecified atom stereocenters. The Hall–Kier alpha value is -3.97. The van der Waals surface area contributed by atoms with Gasteiger partial charge in [-0.1, -0.05) is 24.3 Å². The average Bonchev–Trinajstić information content (AvgIpc) is 3.44. The Kier molecular flexibility index (Phi) is 6.47. The van der Waals surface area contributed by atoms with Crippen molar-refractivity contribution in [1.82, 2.24) is 14.7 Å². The molecule has 2 aromatic heterocycles. The van der Waals surface area contributed by atoms with Gasteiger partial charge in [0, 0.05) is 31.4 Å². The normalized spacial score (nSPS) is 20.6. The highest BCUT2D eigenvalue weighted by Crippen LogP contribution is 2.37. The summed E-state index contributed by atoms with van der Waals surface area (Å²) in [5.41, 5.74) is 6.07. The van der Waals surface area contributed by atoms with Crippen molar-refractivity contribution >= 4 is 18.1 Å². The molecule has 4 rings (SSSR count). The molecule has 176 valence electrons. The SMILES string of the molecule is Cc1ccc(-c2ccc(CN3CCC(CC#N)(n4cc(C(N)=O)c(NC=O)n4)C(F)C3)cc2)o1. The van der Waals surface area contributed by atoms with Crippen LogP contribution in [0.2, 0.25) is 0 Å². The highest BCUT2D eigenvalue weighted by atomic mass is 19.1. The quantitative estimate of drug-likeness (QED) is 0.493. The van der Waals surface area contributed by atoms with Gasteiger partial charge in [-0.3, -0.25) is 19.2 Å². The van der Waals surface area contributed by atoms with Crippen molar-refractivity contribution < 1.29 is 18.4 Å². The Morgan fingerprint density at radius 3 is 2.74 bits per heavy atom. The van der Waals surface area contributed by atoms with Gasteiger partial charge in [-0.2, -0.15) is 10.4 Å². The molecule has 0 aliphatic carbocycles. The predicted octanol–water partition coefficient (Wildman–Crippen LogP) is 2.97. The molecule has 0 radical (unpaired) electrons. The van der Waals surface area contributed by atoms with Gasteiger partial charge in [0.1, 0.15) is 28.8 Å². The number of nitrogens with zero attached hydrogens (tertiary/aromatic N) is 4. The van der Waals surface area contributed by atoms with Crippen molar-refractivity contribution in [2.45, 2.75) is 38.0 Å². The van der Waals surface area contributed by atoms with Gasteiger partial charge in [0.15, 0.2) is 5.82 Å². The minimum absolute atomic E-state index is 0.0362. The van der Waals surface area contributed by atoms with Crippen LogP contribution in [0.15, 0.2) is 47.0 Å². The number of aryl methyl sites for hydroxylation is 1. The number of rotatable bonds is 8. The van der Waals surface area contributed by atoms with Gasteiger partial charge in [-0.05, 0) is 31.0 Å². The molecule has 10 heteroatoms. The Labute approximate surface area is 195 Å². The summed E-state index contributed by atoms with van der Waals surface area (Å²) in [5.74, 6) is 0.784. The van der Waals surface area contributed by atoms with Gasteiger partial charge in [-0.25, -0.2) is 4.39 Å². The largest absolute Gasteiger partial charge is 0.461 e. The van der Waals surface area contributed by atoms with Crippen molar-refractivity contribution in [2.24, 2.45) is 5.73 Å². The fourth-order valence-corrected chi connectivity index (χ4v) is 4.38. The minimum atomic E-state index is -1.43. The minimum Gasteiger partial charge on any atom is -0.461 e. The molecule has 2 atom stereocenters. The van der Waals surface area contributed by atoms with E-state index in [2.05, 4.69) is 16.5 Å². The van der Waals surface area contributed by atoms with Gasteiger partial charge in [-0.15, -0.1) is 0 Å². The number of carbonyl (C=O) groups is 2. The molecule has 0 bridgehead atoms. The maximum atomic E-state index is 15.7. The summed E-state index contributed by atoms with van der Waals surface area (Å²) in [4.78, 5) is 24.6. The van der Waals surface area contributed by atoms with E-state index in [1.807, 2.05) is 48.2 Å². The van der Waals surface area contributed by atoms with Crippen LogP contribution in [-0.4, -0.2) is 46.3 Å². The molecule has 1 aliphatic heterocycles. The number of hydrogen-bond donors (Lipinski definition) is 2. The highest BCUT2D eigenvalue weighted by Gasteiger charge is 2.46. The first-order chi connectivity index (χ1) is 16.4. The number of nitrogens with two attached hydrogens (primary N) is 1. The lowest BCUT2D eigenvalue weighted by molar-refractivity contribution is -0.105. The molecule has 1 fully saturated rings. The van der Waals surface area contributed by atoms with E-state index < -0.39 is 17.6 Å². The number of aromatic nitrogens is 2. The number of piperidine rings is 1. The first kappa shape index (κ1) is 23.2. The highest BCUT2D eigenvalue weighted by molar-refractivity contribution is 5.99. The van der Waals surface area contributed by atoms with E-state index in [4.69, 9.17) is 10.2 Å². The second-order valence-electron chi connectivity index (χ2n) is 8.46. The molecule has 9 nitrogen and oxygen atoms in total. The van der Waals surface area contributed by atoms with E-state index in [0.717, 1.165) is 22.6 Å². The topological polar surface area (TPSA) is 130 Å². The van der Waals surface area contributed by atoms with Gasteiger partial charge < -0.3 is 15.5 Å². The van der Waals surface area contributed by atoms with E-state index >= 15 is 4.39 Å². The number of furan rings is 1. The Bertz CT molecular complexity index is 1230. The van der Waals surface area contributed by atoms with Crippen LogP contribution in [0.3, 0.4) is 0 Å². The number of hydrogen-bond acceptors (Lipinski definition) is 6. The number of primary amides is 1. The molecule has 0 spiro atoms. The molecule has 0 saturated carbocycles. The molecule has 3 aromatic rings. The zero-order valence-corrected chi connectivity index (χ0v) is 18.7. The van der Waals surface area contributed by atoms with Crippen LogP contribution in [0.25, 0.3) is 11.3 Å². The maximum absolute atomic E-state index is 15.7. The standard InChI is InChI=1S/C24H25FN6O3/c1-16-2-7-20(34-16)18-5-3-17(4-6-18)12-30-11-9-24(8-10-26,21(25)14-30)31-13-19(22(27)33)23(29-31)28-15-32/h2-7,13,15,21H,8-9,11-12,14H2,1H3,(H2,27,33)(H,28,29,32). The fourth-order valence-electron chi connectivity index (χ4n) is 4.38. The van der Waals surface area contributed by atoms with Crippen LogP contribution < -0.4 is 11.1 Å². The lowest BCUT2D eigenvalue weighted by Crippen LogP contribution is -2.54. The van der Waals surface area contributed by atoms with Crippen LogP contribution in [0.5, 0.6) is 0 Å². The molecule has 3 N–H and O–H groups in total. The molecular formula is C24H25FN6O3. The first-order valence-electron chi connectivity index (χ1n) is 10.9. The lowest BCUT2D eigenvalue weighted by Gasteiger charge is -2.43. The number of nitriles is 1. The summed E-state index contributed by atoms with van der Waals surface area (Å²) >= 11 is 0. The second-order valence-corrected chi connectivity index (χ2v) is 8.46. The van der Waals surface area contributed by atoms with Gasteiger partial charge in [0.25, 0.3) is 5.91 Å². The number of carbonyl (C=O) groups excluding carboxylic acids is 2. The predicted molar refractivity (Wildman–Crippen MR) is 122 cm³/mol. The number of anilines is 1. The molecule has 1 aliphatic rings. The molecule has 1 aromatic carbocycles. The molecule has 34 heavy (non-hydrogen) atoms. The molecule has 2 amide bonds. The van der Waals surface area contributed by atoms with E-state index in [9.17, 15) is 14.9 Å². The summed E-state index contributed by atoms with van der Waals surface area (Å²) in [5, 5.41) is 15.9. The third kappa shape index (κ3) is 4.43. The van der Waals surface area contributed by atoms with E-state index in [-0.39, 0.29) is 24.3 Å². The van der Waals surface area contributed by atoms with Crippen molar-refractivity contribution in [1.29, 1.82) is 5.26 Å². The lowest BCUT2D eigenvalue weighted by atomic mass is 9.83. The summed E-state index contributed by atoms with van der Waals surface area (Å²) in [6.45, 7) is 3.04. The average molecular weight is 465 g/mol. The zero-order valence-electron chi connectivity index (χ0n) is 18.7. The number of amides is 2. The van der Waals surface area contributed by atoms with Gasteiger partial charge in [0.2, 0.25) is 6.41 Å². The first-order valence-corrected chi connectivity index (χ1v) is 10.9. The number of nitrogens with one attached hydrogen (secondary N) is 1. The fraction of sp³-hybridized carbons (Fsp3) is 0.333. The molecule has 3 heterocycles. The van der Waals surface area contributed by atoms with Crippen molar-refractivity contribution in [3.05, 3.63) is 59.5 Å².